The average molecular weight is 511 g/mol. The highest BCUT2D eigenvalue weighted by Gasteiger charge is 2.22. The first-order valence-corrected chi connectivity index (χ1v) is 13.4. The number of benzene rings is 4. The third-order valence-corrected chi connectivity index (χ3v) is 7.38. The number of hydrogen-bond acceptors (Lipinski definition) is 3. The molecule has 0 saturated heterocycles. The minimum Gasteiger partial charge on any atom is -0.349 e. The van der Waals surface area contributed by atoms with Crippen LogP contribution < -0.4 is 4.90 Å². The predicted octanol–water partition coefficient (Wildman–Crippen LogP) is 7.69. The molecule has 0 unspecified atom stereocenters. The summed E-state index contributed by atoms with van der Waals surface area (Å²) in [6.07, 6.45) is 0. The van der Waals surface area contributed by atoms with E-state index in [-0.39, 0.29) is 11.7 Å². The van der Waals surface area contributed by atoms with Crippen LogP contribution in [0.3, 0.4) is 0 Å². The lowest BCUT2D eigenvalue weighted by atomic mass is 10.1. The van der Waals surface area contributed by atoms with E-state index >= 15 is 0 Å². The standard InChI is InChI=1S/C31H30N2OS2/c1-24-18-19-29(25(2)20-24)33(28-16-10-5-11-17-28)30(34)23-36-31(35)32(21-26-12-6-3-7-13-26)22-27-14-8-4-9-15-27/h3-20H,21-23H2,1-2H3. The highest BCUT2D eigenvalue weighted by atomic mass is 32.2. The molecule has 0 heterocycles. The highest BCUT2D eigenvalue weighted by molar-refractivity contribution is 8.23. The molecule has 0 bridgehead atoms. The molecule has 0 aliphatic heterocycles. The number of carbonyl (C=O) groups is 1. The van der Waals surface area contributed by atoms with Gasteiger partial charge in [0.15, 0.2) is 0 Å². The van der Waals surface area contributed by atoms with Crippen molar-refractivity contribution in [2.24, 2.45) is 0 Å². The summed E-state index contributed by atoms with van der Waals surface area (Å²) in [6, 6.07) is 36.6. The normalized spacial score (nSPS) is 10.6. The first-order chi connectivity index (χ1) is 17.5. The molecule has 36 heavy (non-hydrogen) atoms. The molecular weight excluding hydrogens is 480 g/mol. The number of amides is 1. The van der Waals surface area contributed by atoms with Gasteiger partial charge in [0.1, 0.15) is 4.32 Å². The Balaban J connectivity index is 1.53. The van der Waals surface area contributed by atoms with Gasteiger partial charge in [0, 0.05) is 18.8 Å². The number of hydrogen-bond donors (Lipinski definition) is 0. The van der Waals surface area contributed by atoms with Crippen molar-refractivity contribution in [3.63, 3.8) is 0 Å². The fourth-order valence-electron chi connectivity index (χ4n) is 4.12. The maximum Gasteiger partial charge on any atom is 0.241 e. The van der Waals surface area contributed by atoms with Crippen LogP contribution in [0.1, 0.15) is 22.3 Å². The molecule has 0 saturated carbocycles. The van der Waals surface area contributed by atoms with E-state index in [1.807, 2.05) is 90.7 Å². The number of carbonyl (C=O) groups excluding carboxylic acids is 1. The van der Waals surface area contributed by atoms with Crippen molar-refractivity contribution >= 4 is 45.6 Å². The third kappa shape index (κ3) is 6.84. The maximum atomic E-state index is 13.7. The lowest BCUT2D eigenvalue weighted by molar-refractivity contribution is -0.115. The molecule has 4 aromatic carbocycles. The highest BCUT2D eigenvalue weighted by Crippen LogP contribution is 2.30. The van der Waals surface area contributed by atoms with Gasteiger partial charge in [-0.15, -0.1) is 0 Å². The lowest BCUT2D eigenvalue weighted by Gasteiger charge is -2.27. The van der Waals surface area contributed by atoms with Crippen molar-refractivity contribution in [2.75, 3.05) is 10.7 Å². The van der Waals surface area contributed by atoms with Gasteiger partial charge in [0.05, 0.1) is 11.4 Å². The van der Waals surface area contributed by atoms with Gasteiger partial charge in [-0.2, -0.15) is 0 Å². The molecule has 1 amide bonds. The Morgan fingerprint density at radius 2 is 1.28 bits per heavy atom. The SMILES string of the molecule is Cc1ccc(N(C(=O)CSC(=S)N(Cc2ccccc2)Cc2ccccc2)c2ccccc2)c(C)c1. The second-order valence-electron chi connectivity index (χ2n) is 8.74. The fraction of sp³-hybridized carbons (Fsp3) is 0.161. The molecule has 0 fully saturated rings. The molecule has 4 aromatic rings. The van der Waals surface area contributed by atoms with Crippen molar-refractivity contribution in [3.8, 4) is 0 Å². The van der Waals surface area contributed by atoms with Crippen LogP contribution in [-0.2, 0) is 17.9 Å². The molecule has 0 N–H and O–H groups in total. The minimum absolute atomic E-state index is 0.000115. The molecule has 0 radical (unpaired) electrons. The van der Waals surface area contributed by atoms with Gasteiger partial charge in [-0.3, -0.25) is 9.69 Å². The van der Waals surface area contributed by atoms with Crippen LogP contribution in [0.15, 0.2) is 109 Å². The Morgan fingerprint density at radius 1 is 0.750 bits per heavy atom. The smallest absolute Gasteiger partial charge is 0.241 e. The van der Waals surface area contributed by atoms with Gasteiger partial charge in [-0.25, -0.2) is 0 Å². The van der Waals surface area contributed by atoms with E-state index in [0.717, 1.165) is 16.9 Å². The van der Waals surface area contributed by atoms with Crippen LogP contribution in [0.5, 0.6) is 0 Å². The second-order valence-corrected chi connectivity index (χ2v) is 10.3. The second kappa shape index (κ2) is 12.5. The lowest BCUT2D eigenvalue weighted by Crippen LogP contribution is -2.31. The van der Waals surface area contributed by atoms with Gasteiger partial charge in [-0.1, -0.05) is 121 Å². The minimum atomic E-state index is -0.000115. The zero-order chi connectivity index (χ0) is 25.3. The fourth-order valence-corrected chi connectivity index (χ4v) is 5.12. The summed E-state index contributed by atoms with van der Waals surface area (Å²) in [4.78, 5) is 17.6. The number of para-hydroxylation sites is 1. The van der Waals surface area contributed by atoms with Crippen molar-refractivity contribution in [1.29, 1.82) is 0 Å². The first-order valence-electron chi connectivity index (χ1n) is 12.0. The van der Waals surface area contributed by atoms with Crippen LogP contribution in [0.25, 0.3) is 0 Å². The molecule has 4 rings (SSSR count). The average Bonchev–Trinajstić information content (AvgIpc) is 2.90. The van der Waals surface area contributed by atoms with E-state index in [1.54, 1.807) is 0 Å². The monoisotopic (exact) mass is 510 g/mol. The molecular formula is C31H30N2OS2. The number of rotatable bonds is 8. The number of thioether (sulfide) groups is 1. The van der Waals surface area contributed by atoms with Crippen LogP contribution in [0.2, 0.25) is 0 Å². The van der Waals surface area contributed by atoms with E-state index in [9.17, 15) is 4.79 Å². The summed E-state index contributed by atoms with van der Waals surface area (Å²) in [5, 5.41) is 0. The topological polar surface area (TPSA) is 23.6 Å². The largest absolute Gasteiger partial charge is 0.349 e. The molecule has 182 valence electrons. The summed E-state index contributed by atoms with van der Waals surface area (Å²) in [5.74, 6) is 0.251. The van der Waals surface area contributed by atoms with Gasteiger partial charge in [-0.05, 0) is 48.7 Å². The van der Waals surface area contributed by atoms with E-state index in [0.29, 0.717) is 17.4 Å². The Kier molecular flexibility index (Phi) is 8.93. The number of aryl methyl sites for hydroxylation is 2. The predicted molar refractivity (Wildman–Crippen MR) is 157 cm³/mol. The van der Waals surface area contributed by atoms with Crippen molar-refractivity contribution in [2.45, 2.75) is 26.9 Å². The van der Waals surface area contributed by atoms with E-state index in [1.165, 1.54) is 28.5 Å². The summed E-state index contributed by atoms with van der Waals surface area (Å²) in [5.41, 5.74) is 6.35. The van der Waals surface area contributed by atoms with Crippen LogP contribution in [-0.4, -0.2) is 20.9 Å². The summed E-state index contributed by atoms with van der Waals surface area (Å²) in [7, 11) is 0. The van der Waals surface area contributed by atoms with Crippen molar-refractivity contribution < 1.29 is 4.79 Å². The number of thiocarbonyl (C=S) groups is 1. The van der Waals surface area contributed by atoms with Crippen LogP contribution >= 0.6 is 24.0 Å². The third-order valence-electron chi connectivity index (χ3n) is 5.87. The van der Waals surface area contributed by atoms with E-state index in [4.69, 9.17) is 12.2 Å². The molecule has 0 aliphatic carbocycles. The van der Waals surface area contributed by atoms with Gasteiger partial charge >= 0.3 is 0 Å². The molecule has 0 aliphatic rings. The van der Waals surface area contributed by atoms with Crippen LogP contribution in [0, 0.1) is 13.8 Å². The molecule has 0 atom stereocenters. The number of anilines is 2. The van der Waals surface area contributed by atoms with E-state index < -0.39 is 0 Å². The molecule has 0 aromatic heterocycles. The first kappa shape index (κ1) is 25.7. The van der Waals surface area contributed by atoms with Crippen molar-refractivity contribution in [1.82, 2.24) is 4.90 Å². The Labute approximate surface area is 223 Å². The Hall–Kier alpha value is -3.41. The molecule has 3 nitrogen and oxygen atoms in total. The zero-order valence-corrected chi connectivity index (χ0v) is 22.3. The quantitative estimate of drug-likeness (QED) is 0.227. The van der Waals surface area contributed by atoms with Gasteiger partial charge in [0.25, 0.3) is 0 Å². The zero-order valence-electron chi connectivity index (χ0n) is 20.6. The summed E-state index contributed by atoms with van der Waals surface area (Å²) >= 11 is 7.30. The Morgan fingerprint density at radius 3 is 1.81 bits per heavy atom. The Bertz CT molecular complexity index is 1250. The maximum absolute atomic E-state index is 13.7. The van der Waals surface area contributed by atoms with Crippen LogP contribution in [0.4, 0.5) is 11.4 Å². The summed E-state index contributed by atoms with van der Waals surface area (Å²) < 4.78 is 0.713. The van der Waals surface area contributed by atoms with Gasteiger partial charge in [0.2, 0.25) is 5.91 Å². The molecule has 5 heteroatoms. The summed E-state index contributed by atoms with van der Waals surface area (Å²) in [6.45, 7) is 5.49. The number of nitrogens with zero attached hydrogens (tertiary/aromatic N) is 2. The van der Waals surface area contributed by atoms with Gasteiger partial charge < -0.3 is 4.90 Å². The van der Waals surface area contributed by atoms with E-state index in [2.05, 4.69) is 42.2 Å². The van der Waals surface area contributed by atoms with Crippen molar-refractivity contribution in [3.05, 3.63) is 131 Å². The molecule has 0 spiro atoms.